The van der Waals surface area contributed by atoms with Gasteiger partial charge in [0.1, 0.15) is 5.82 Å². The van der Waals surface area contributed by atoms with E-state index >= 15 is 0 Å². The zero-order valence-electron chi connectivity index (χ0n) is 9.38. The van der Waals surface area contributed by atoms with Gasteiger partial charge < -0.3 is 5.32 Å². The van der Waals surface area contributed by atoms with Crippen LogP contribution in [0.15, 0.2) is 18.2 Å². The van der Waals surface area contributed by atoms with Crippen molar-refractivity contribution in [1.29, 1.82) is 0 Å². The minimum Gasteiger partial charge on any atom is -0.311 e. The van der Waals surface area contributed by atoms with Crippen molar-refractivity contribution in [3.63, 3.8) is 0 Å². The predicted molar refractivity (Wildman–Crippen MR) is 61.7 cm³/mol. The molecule has 1 aromatic carbocycles. The van der Waals surface area contributed by atoms with Crippen LogP contribution in [0.1, 0.15) is 30.0 Å². The maximum Gasteiger partial charge on any atom is 0.128 e. The number of rotatable bonds is 1. The Kier molecular flexibility index (Phi) is 2.65. The van der Waals surface area contributed by atoms with Crippen LogP contribution in [0.25, 0.3) is 0 Å². The number of hydrogen-bond donors (Lipinski definition) is 1. The number of benzene rings is 1. The average molecular weight is 220 g/mol. The number of nitrogens with one attached hydrogen (secondary N) is 1. The standard InChI is InChI=1S/C13H17FN2/c14-11-5-3-4-10-8-15-9-12(13(10)11)16-6-1-2-7-16/h3-5,12,15H,1-2,6-9H2/t12-/m0/s1. The zero-order chi connectivity index (χ0) is 11.0. The van der Waals surface area contributed by atoms with Crippen LogP contribution in [0.5, 0.6) is 0 Å². The molecule has 2 aliphatic heterocycles. The number of nitrogens with zero attached hydrogens (tertiary/aromatic N) is 1. The van der Waals surface area contributed by atoms with E-state index in [1.807, 2.05) is 12.1 Å². The normalized spacial score (nSPS) is 25.7. The summed E-state index contributed by atoms with van der Waals surface area (Å²) in [6.45, 7) is 3.91. The molecule has 2 heterocycles. The average Bonchev–Trinajstić information content (AvgIpc) is 2.82. The molecule has 16 heavy (non-hydrogen) atoms. The number of likely N-dealkylation sites (tertiary alicyclic amines) is 1. The summed E-state index contributed by atoms with van der Waals surface area (Å²) in [5, 5.41) is 3.39. The first-order valence-corrected chi connectivity index (χ1v) is 6.08. The molecule has 2 nitrogen and oxygen atoms in total. The Morgan fingerprint density at radius 1 is 1.25 bits per heavy atom. The fourth-order valence-corrected chi connectivity index (χ4v) is 2.92. The summed E-state index contributed by atoms with van der Waals surface area (Å²) in [6.07, 6.45) is 2.50. The van der Waals surface area contributed by atoms with Gasteiger partial charge in [-0.2, -0.15) is 0 Å². The van der Waals surface area contributed by atoms with Crippen LogP contribution >= 0.6 is 0 Å². The molecule has 0 radical (unpaired) electrons. The van der Waals surface area contributed by atoms with Crippen LogP contribution < -0.4 is 5.32 Å². The highest BCUT2D eigenvalue weighted by Crippen LogP contribution is 2.31. The van der Waals surface area contributed by atoms with Crippen molar-refractivity contribution in [1.82, 2.24) is 10.2 Å². The molecule has 3 rings (SSSR count). The molecular formula is C13H17FN2. The Hall–Kier alpha value is -0.930. The van der Waals surface area contributed by atoms with Crippen molar-refractivity contribution < 1.29 is 4.39 Å². The summed E-state index contributed by atoms with van der Waals surface area (Å²) in [7, 11) is 0. The Balaban J connectivity index is 1.98. The van der Waals surface area contributed by atoms with Crippen molar-refractivity contribution in [2.75, 3.05) is 19.6 Å². The van der Waals surface area contributed by atoms with E-state index in [-0.39, 0.29) is 11.9 Å². The van der Waals surface area contributed by atoms with Crippen molar-refractivity contribution in [2.24, 2.45) is 0 Å². The lowest BCUT2D eigenvalue weighted by molar-refractivity contribution is 0.223. The number of fused-ring (bicyclic) bond motifs is 1. The summed E-state index contributed by atoms with van der Waals surface area (Å²) in [4.78, 5) is 2.41. The Morgan fingerprint density at radius 3 is 2.88 bits per heavy atom. The molecule has 0 spiro atoms. The van der Waals surface area contributed by atoms with Crippen LogP contribution in [0, 0.1) is 5.82 Å². The molecule has 0 aromatic heterocycles. The first kappa shape index (κ1) is 10.2. The van der Waals surface area contributed by atoms with Gasteiger partial charge in [0.15, 0.2) is 0 Å². The maximum atomic E-state index is 13.9. The lowest BCUT2D eigenvalue weighted by atomic mass is 9.95. The van der Waals surface area contributed by atoms with Crippen LogP contribution in [0.2, 0.25) is 0 Å². The Bertz CT molecular complexity index is 386. The van der Waals surface area contributed by atoms with Crippen LogP contribution in [0.4, 0.5) is 4.39 Å². The van der Waals surface area contributed by atoms with Crippen molar-refractivity contribution in [3.05, 3.63) is 35.1 Å². The predicted octanol–water partition coefficient (Wildman–Crippen LogP) is 2.07. The molecule has 0 unspecified atom stereocenters. The smallest absolute Gasteiger partial charge is 0.128 e. The monoisotopic (exact) mass is 220 g/mol. The Morgan fingerprint density at radius 2 is 2.06 bits per heavy atom. The second-order valence-electron chi connectivity index (χ2n) is 4.70. The van der Waals surface area contributed by atoms with E-state index in [4.69, 9.17) is 0 Å². The molecule has 0 bridgehead atoms. The van der Waals surface area contributed by atoms with Gasteiger partial charge in [0, 0.05) is 18.7 Å². The van der Waals surface area contributed by atoms with Crippen LogP contribution in [0.3, 0.4) is 0 Å². The number of hydrogen-bond acceptors (Lipinski definition) is 2. The third-order valence-electron chi connectivity index (χ3n) is 3.71. The molecule has 1 atom stereocenters. The maximum absolute atomic E-state index is 13.9. The summed E-state index contributed by atoms with van der Waals surface area (Å²) < 4.78 is 13.9. The van der Waals surface area contributed by atoms with E-state index in [1.54, 1.807) is 6.07 Å². The van der Waals surface area contributed by atoms with Crippen LogP contribution in [-0.2, 0) is 6.54 Å². The van der Waals surface area contributed by atoms with E-state index in [9.17, 15) is 4.39 Å². The molecule has 0 saturated carbocycles. The molecule has 3 heteroatoms. The van der Waals surface area contributed by atoms with Gasteiger partial charge in [0.2, 0.25) is 0 Å². The largest absolute Gasteiger partial charge is 0.311 e. The zero-order valence-corrected chi connectivity index (χ0v) is 9.38. The van der Waals surface area contributed by atoms with Gasteiger partial charge in [0.25, 0.3) is 0 Å². The third kappa shape index (κ3) is 1.64. The van der Waals surface area contributed by atoms with Crippen molar-refractivity contribution in [3.8, 4) is 0 Å². The van der Waals surface area contributed by atoms with Crippen LogP contribution in [-0.4, -0.2) is 24.5 Å². The second-order valence-corrected chi connectivity index (χ2v) is 4.70. The SMILES string of the molecule is Fc1cccc2c1[C@@H](N1CCCC1)CNC2. The minimum atomic E-state index is -0.0316. The van der Waals surface area contributed by atoms with Gasteiger partial charge in [0.05, 0.1) is 6.04 Å². The second kappa shape index (κ2) is 4.15. The van der Waals surface area contributed by atoms with E-state index < -0.39 is 0 Å². The van der Waals surface area contributed by atoms with E-state index in [0.29, 0.717) is 0 Å². The molecule has 0 amide bonds. The number of halogens is 1. The topological polar surface area (TPSA) is 15.3 Å². The molecule has 0 aliphatic carbocycles. The Labute approximate surface area is 95.4 Å². The quantitative estimate of drug-likeness (QED) is 0.779. The molecule has 86 valence electrons. The third-order valence-corrected chi connectivity index (χ3v) is 3.71. The molecule has 1 saturated heterocycles. The lowest BCUT2D eigenvalue weighted by Gasteiger charge is -2.33. The molecule has 1 fully saturated rings. The highest BCUT2D eigenvalue weighted by atomic mass is 19.1. The highest BCUT2D eigenvalue weighted by molar-refractivity contribution is 5.33. The van der Waals surface area contributed by atoms with Gasteiger partial charge in [-0.25, -0.2) is 4.39 Å². The summed E-state index contributed by atoms with van der Waals surface area (Å²) >= 11 is 0. The van der Waals surface area contributed by atoms with E-state index in [2.05, 4.69) is 10.2 Å². The first-order chi connectivity index (χ1) is 7.86. The fraction of sp³-hybridized carbons (Fsp3) is 0.538. The summed E-state index contributed by atoms with van der Waals surface area (Å²) in [5.74, 6) is -0.0316. The van der Waals surface area contributed by atoms with Crippen molar-refractivity contribution >= 4 is 0 Å². The van der Waals surface area contributed by atoms with Gasteiger partial charge in [-0.15, -0.1) is 0 Å². The molecular weight excluding hydrogens is 203 g/mol. The first-order valence-electron chi connectivity index (χ1n) is 6.08. The van der Waals surface area contributed by atoms with E-state index in [0.717, 1.165) is 37.3 Å². The van der Waals surface area contributed by atoms with Gasteiger partial charge >= 0.3 is 0 Å². The summed E-state index contributed by atoms with van der Waals surface area (Å²) in [5.41, 5.74) is 2.06. The lowest BCUT2D eigenvalue weighted by Crippen LogP contribution is -2.38. The highest BCUT2D eigenvalue weighted by Gasteiger charge is 2.29. The van der Waals surface area contributed by atoms with Gasteiger partial charge in [-0.05, 0) is 37.6 Å². The van der Waals surface area contributed by atoms with E-state index in [1.165, 1.54) is 12.8 Å². The molecule has 2 aliphatic rings. The van der Waals surface area contributed by atoms with Gasteiger partial charge in [-0.1, -0.05) is 12.1 Å². The fourth-order valence-electron chi connectivity index (χ4n) is 2.92. The summed E-state index contributed by atoms with van der Waals surface area (Å²) in [6, 6.07) is 5.68. The minimum absolute atomic E-state index is 0.0316. The molecule has 1 N–H and O–H groups in total. The molecule has 1 aromatic rings. The van der Waals surface area contributed by atoms with Gasteiger partial charge in [-0.3, -0.25) is 4.90 Å². The van der Waals surface area contributed by atoms with Crippen molar-refractivity contribution in [2.45, 2.75) is 25.4 Å².